The van der Waals surface area contributed by atoms with Crippen molar-refractivity contribution in [2.75, 3.05) is 0 Å². The van der Waals surface area contributed by atoms with Crippen molar-refractivity contribution in [3.63, 3.8) is 0 Å². The molecule has 0 amide bonds. The summed E-state index contributed by atoms with van der Waals surface area (Å²) in [5, 5.41) is 21.2. The maximum Gasteiger partial charge on any atom is 0.124 e. The molecule has 1 atom stereocenters. The van der Waals surface area contributed by atoms with E-state index >= 15 is 0 Å². The summed E-state index contributed by atoms with van der Waals surface area (Å²) in [5.74, 6) is 0.249. The Morgan fingerprint density at radius 2 is 1.59 bits per heavy atom. The van der Waals surface area contributed by atoms with Crippen LogP contribution in [0.5, 0.6) is 5.75 Å². The predicted octanol–water partition coefficient (Wildman–Crippen LogP) is 4.72. The number of hydrogen-bond acceptors (Lipinski definition) is 2. The number of quaternary nitrogens is 1. The first-order valence-electron chi connectivity index (χ1n) is 8.93. The van der Waals surface area contributed by atoms with Gasteiger partial charge in [-0.2, -0.15) is 0 Å². The Morgan fingerprint density at radius 3 is 2.18 bits per heavy atom. The third-order valence-electron chi connectivity index (χ3n) is 4.37. The van der Waals surface area contributed by atoms with E-state index in [4.69, 9.17) is 0 Å². The maximum absolute atomic E-state index is 11.3. The molecular weight excluding hydrogens is 274 g/mol. The van der Waals surface area contributed by atoms with Crippen LogP contribution >= 0.6 is 0 Å². The van der Waals surface area contributed by atoms with Crippen LogP contribution in [0.2, 0.25) is 0 Å². The van der Waals surface area contributed by atoms with E-state index in [0.717, 1.165) is 29.4 Å². The second-order valence-electron chi connectivity index (χ2n) is 6.42. The average Bonchev–Trinajstić information content (AvgIpc) is 2.52. The largest absolute Gasteiger partial charge is 0.635 e. The van der Waals surface area contributed by atoms with E-state index < -0.39 is 0 Å². The highest BCUT2D eigenvalue weighted by atomic mass is 16.5. The molecule has 1 unspecified atom stereocenters. The molecular formula is C19H33NO2. The van der Waals surface area contributed by atoms with Crippen molar-refractivity contribution in [3.05, 3.63) is 34.5 Å². The Bertz CT molecular complexity index is 406. The van der Waals surface area contributed by atoms with Gasteiger partial charge < -0.3 is 15.8 Å². The summed E-state index contributed by atoms with van der Waals surface area (Å²) in [7, 11) is 0. The summed E-state index contributed by atoms with van der Waals surface area (Å²) in [4.78, 5) is 0. The fourth-order valence-electron chi connectivity index (χ4n) is 2.94. The minimum absolute atomic E-state index is 0.163. The molecule has 1 aromatic carbocycles. The number of rotatable bonds is 12. The lowest BCUT2D eigenvalue weighted by Crippen LogP contribution is -2.78. The van der Waals surface area contributed by atoms with Gasteiger partial charge in [-0.3, -0.25) is 0 Å². The predicted molar refractivity (Wildman–Crippen MR) is 92.7 cm³/mol. The first-order chi connectivity index (χ1) is 10.7. The van der Waals surface area contributed by atoms with Crippen molar-refractivity contribution in [2.45, 2.75) is 84.1 Å². The number of hydroxylamine groups is 1. The molecule has 0 heterocycles. The summed E-state index contributed by atoms with van der Waals surface area (Å²) in [6, 6.07) is 5.34. The molecule has 3 nitrogen and oxygen atoms in total. The van der Waals surface area contributed by atoms with Gasteiger partial charge in [0.05, 0.1) is 5.56 Å². The van der Waals surface area contributed by atoms with Crippen LogP contribution in [0.15, 0.2) is 18.2 Å². The van der Waals surface area contributed by atoms with Crippen LogP contribution in [0.3, 0.4) is 0 Å². The number of aryl methyl sites for hydroxylation is 1. The van der Waals surface area contributed by atoms with E-state index in [0.29, 0.717) is 0 Å². The molecule has 126 valence electrons. The standard InChI is InChI=1S/C19H33NO2/c1-3-4-5-6-7-8-9-10-11-12-18(20-22)17-15-16(2)13-14-19(17)21/h13-15,18,21H,3-12,20H2,1-2H3. The molecule has 0 aromatic heterocycles. The molecule has 0 aliphatic rings. The summed E-state index contributed by atoms with van der Waals surface area (Å²) < 4.78 is 0. The molecule has 0 radical (unpaired) electrons. The quantitative estimate of drug-likeness (QED) is 0.433. The minimum atomic E-state index is -0.163. The highest BCUT2D eigenvalue weighted by molar-refractivity contribution is 5.37. The lowest BCUT2D eigenvalue weighted by molar-refractivity contribution is -0.635. The number of phenols is 1. The van der Waals surface area contributed by atoms with Gasteiger partial charge in [0.25, 0.3) is 0 Å². The number of hydrogen-bond donors (Lipinski definition) is 2. The first-order valence-corrected chi connectivity index (χ1v) is 8.93. The highest BCUT2D eigenvalue weighted by Gasteiger charge is 2.15. The highest BCUT2D eigenvalue weighted by Crippen LogP contribution is 2.26. The zero-order valence-electron chi connectivity index (χ0n) is 14.3. The molecule has 0 aliphatic heterocycles. The number of benzene rings is 1. The lowest BCUT2D eigenvalue weighted by atomic mass is 9.98. The summed E-state index contributed by atoms with van der Waals surface area (Å²) in [5.41, 5.74) is 2.86. The van der Waals surface area contributed by atoms with E-state index in [1.807, 2.05) is 19.1 Å². The molecule has 22 heavy (non-hydrogen) atoms. The Balaban J connectivity index is 2.20. The zero-order valence-corrected chi connectivity index (χ0v) is 14.3. The Hall–Kier alpha value is -1.06. The van der Waals surface area contributed by atoms with Gasteiger partial charge in [-0.1, -0.05) is 69.9 Å². The van der Waals surface area contributed by atoms with Crippen LogP contribution in [0.1, 0.15) is 88.3 Å². The zero-order chi connectivity index (χ0) is 16.2. The maximum atomic E-state index is 11.3. The van der Waals surface area contributed by atoms with Crippen LogP contribution in [-0.4, -0.2) is 5.11 Å². The topological polar surface area (TPSA) is 59.9 Å². The molecule has 3 N–H and O–H groups in total. The summed E-state index contributed by atoms with van der Waals surface area (Å²) in [6.45, 7) is 4.23. The van der Waals surface area contributed by atoms with E-state index in [1.165, 1.54) is 51.4 Å². The lowest BCUT2D eigenvalue weighted by Gasteiger charge is -2.19. The van der Waals surface area contributed by atoms with E-state index in [9.17, 15) is 10.3 Å². The van der Waals surface area contributed by atoms with Gasteiger partial charge in [-0.05, 0) is 25.5 Å². The molecule has 3 heteroatoms. The molecule has 1 aromatic rings. The smallest absolute Gasteiger partial charge is 0.124 e. The van der Waals surface area contributed by atoms with E-state index in [2.05, 4.69) is 6.92 Å². The molecule has 0 saturated carbocycles. The number of nitrogens with two attached hydrogens (primary N) is 1. The second-order valence-corrected chi connectivity index (χ2v) is 6.42. The van der Waals surface area contributed by atoms with Gasteiger partial charge in [0, 0.05) is 6.42 Å². The van der Waals surface area contributed by atoms with Gasteiger partial charge in [-0.25, -0.2) is 0 Å². The van der Waals surface area contributed by atoms with Crippen LogP contribution in [0, 0.1) is 12.1 Å². The SMILES string of the molecule is CCCCCCCCCCCC([NH2+][O-])c1cc(C)ccc1O. The normalized spacial score (nSPS) is 12.5. The number of unbranched alkanes of at least 4 members (excludes halogenated alkanes) is 8. The van der Waals surface area contributed by atoms with Gasteiger partial charge in [-0.15, -0.1) is 0 Å². The van der Waals surface area contributed by atoms with E-state index in [1.54, 1.807) is 6.07 Å². The molecule has 0 aliphatic carbocycles. The van der Waals surface area contributed by atoms with Gasteiger partial charge in [0.15, 0.2) is 0 Å². The average molecular weight is 307 g/mol. The molecule has 0 bridgehead atoms. The minimum Gasteiger partial charge on any atom is -0.635 e. The molecule has 0 spiro atoms. The number of aromatic hydroxyl groups is 1. The van der Waals surface area contributed by atoms with Crippen molar-refractivity contribution in [1.82, 2.24) is 0 Å². The Kier molecular flexibility index (Phi) is 9.93. The van der Waals surface area contributed by atoms with Crippen molar-refractivity contribution in [1.29, 1.82) is 0 Å². The molecule has 0 saturated heterocycles. The van der Waals surface area contributed by atoms with E-state index in [-0.39, 0.29) is 11.8 Å². The fraction of sp³-hybridized carbons (Fsp3) is 0.684. The van der Waals surface area contributed by atoms with Crippen LogP contribution in [0.25, 0.3) is 0 Å². The summed E-state index contributed by atoms with van der Waals surface area (Å²) >= 11 is 0. The van der Waals surface area contributed by atoms with Gasteiger partial charge >= 0.3 is 0 Å². The number of phenolic OH excluding ortho intramolecular Hbond substituents is 1. The van der Waals surface area contributed by atoms with Gasteiger partial charge in [0.2, 0.25) is 0 Å². The van der Waals surface area contributed by atoms with Crippen LogP contribution < -0.4 is 5.48 Å². The Morgan fingerprint density at radius 1 is 1.00 bits per heavy atom. The van der Waals surface area contributed by atoms with Crippen molar-refractivity contribution >= 4 is 0 Å². The fourth-order valence-corrected chi connectivity index (χ4v) is 2.94. The summed E-state index contributed by atoms with van der Waals surface area (Å²) in [6.07, 6.45) is 12.4. The Labute approximate surface area is 135 Å². The third-order valence-corrected chi connectivity index (χ3v) is 4.37. The third kappa shape index (κ3) is 7.28. The van der Waals surface area contributed by atoms with Crippen molar-refractivity contribution < 1.29 is 10.6 Å². The van der Waals surface area contributed by atoms with Gasteiger partial charge in [0.1, 0.15) is 11.8 Å². The van der Waals surface area contributed by atoms with Crippen molar-refractivity contribution in [3.8, 4) is 5.75 Å². The van der Waals surface area contributed by atoms with Crippen LogP contribution in [0.4, 0.5) is 0 Å². The van der Waals surface area contributed by atoms with Crippen molar-refractivity contribution in [2.24, 2.45) is 0 Å². The van der Waals surface area contributed by atoms with Crippen LogP contribution in [-0.2, 0) is 0 Å². The molecule has 0 fully saturated rings. The first kappa shape index (κ1) is 19.0. The molecule has 1 rings (SSSR count). The second kappa shape index (κ2) is 11.5. The monoisotopic (exact) mass is 307 g/mol.